The minimum atomic E-state index is -0.288. The van der Waals surface area contributed by atoms with Crippen molar-refractivity contribution >= 4 is 5.91 Å². The predicted molar refractivity (Wildman–Crippen MR) is 79.6 cm³/mol. The normalized spacial score (nSPS) is 9.86. The Labute approximate surface area is 128 Å². The predicted octanol–water partition coefficient (Wildman–Crippen LogP) is 2.70. The largest absolute Gasteiger partial charge is 0.484 e. The summed E-state index contributed by atoms with van der Waals surface area (Å²) in [4.78, 5) is 11.7. The Morgan fingerprint density at radius 2 is 2.14 bits per heavy atom. The number of hydrogen-bond acceptors (Lipinski definition) is 3. The molecule has 0 bridgehead atoms. The Bertz CT molecular complexity index is 723. The molecule has 4 nitrogen and oxygen atoms in total. The average molecular weight is 298 g/mol. The number of benzene rings is 2. The lowest BCUT2D eigenvalue weighted by molar-refractivity contribution is -0.123. The minimum Gasteiger partial charge on any atom is -0.484 e. The van der Waals surface area contributed by atoms with Gasteiger partial charge in [0.1, 0.15) is 11.6 Å². The van der Waals surface area contributed by atoms with Gasteiger partial charge in [0, 0.05) is 6.54 Å². The molecule has 1 amide bonds. The number of aryl methyl sites for hydroxylation is 1. The fourth-order valence-electron chi connectivity index (χ4n) is 1.87. The molecular weight excluding hydrogens is 283 g/mol. The topological polar surface area (TPSA) is 62.1 Å². The molecule has 0 aliphatic carbocycles. The highest BCUT2D eigenvalue weighted by atomic mass is 19.1. The number of halogens is 1. The van der Waals surface area contributed by atoms with Gasteiger partial charge in [0.05, 0.1) is 11.6 Å². The third-order valence-electron chi connectivity index (χ3n) is 3.05. The average Bonchev–Trinajstić information content (AvgIpc) is 2.54. The zero-order valence-corrected chi connectivity index (χ0v) is 12.1. The lowest BCUT2D eigenvalue weighted by Crippen LogP contribution is -2.28. The SMILES string of the molecule is Cc1cc(CNC(=O)COc2cccc(C#N)c2)ccc1F. The van der Waals surface area contributed by atoms with Crippen LogP contribution in [0.3, 0.4) is 0 Å². The van der Waals surface area contributed by atoms with Crippen LogP contribution in [0.5, 0.6) is 5.75 Å². The molecule has 1 N–H and O–H groups in total. The Balaban J connectivity index is 1.83. The van der Waals surface area contributed by atoms with E-state index in [9.17, 15) is 9.18 Å². The van der Waals surface area contributed by atoms with Crippen molar-refractivity contribution in [2.24, 2.45) is 0 Å². The van der Waals surface area contributed by atoms with Crippen molar-refractivity contribution in [3.63, 3.8) is 0 Å². The summed E-state index contributed by atoms with van der Waals surface area (Å²) in [6, 6.07) is 13.3. The van der Waals surface area contributed by atoms with Gasteiger partial charge in [0.15, 0.2) is 6.61 Å². The van der Waals surface area contributed by atoms with Crippen LogP contribution in [-0.2, 0) is 11.3 Å². The van der Waals surface area contributed by atoms with Gasteiger partial charge in [-0.05, 0) is 42.3 Å². The molecule has 0 aliphatic heterocycles. The molecule has 2 rings (SSSR count). The first kappa shape index (κ1) is 15.5. The molecule has 22 heavy (non-hydrogen) atoms. The van der Waals surface area contributed by atoms with E-state index in [1.54, 1.807) is 43.3 Å². The summed E-state index contributed by atoms with van der Waals surface area (Å²) >= 11 is 0. The number of carbonyl (C=O) groups excluding carboxylic acids is 1. The highest BCUT2D eigenvalue weighted by Gasteiger charge is 2.05. The Kier molecular flexibility index (Phi) is 5.10. The van der Waals surface area contributed by atoms with Crippen LogP contribution in [-0.4, -0.2) is 12.5 Å². The molecule has 0 unspecified atom stereocenters. The van der Waals surface area contributed by atoms with Crippen molar-refractivity contribution in [2.45, 2.75) is 13.5 Å². The van der Waals surface area contributed by atoms with E-state index in [1.807, 2.05) is 6.07 Å². The van der Waals surface area contributed by atoms with E-state index >= 15 is 0 Å². The molecule has 2 aromatic rings. The second-order valence-electron chi connectivity index (χ2n) is 4.79. The fraction of sp³-hybridized carbons (Fsp3) is 0.176. The van der Waals surface area contributed by atoms with Crippen LogP contribution >= 0.6 is 0 Å². The summed E-state index contributed by atoms with van der Waals surface area (Å²) in [6.45, 7) is 1.84. The van der Waals surface area contributed by atoms with Gasteiger partial charge in [-0.1, -0.05) is 18.2 Å². The standard InChI is InChI=1S/C17H15FN2O2/c1-12-7-14(5-6-16(12)18)10-20-17(21)11-22-15-4-2-3-13(8-15)9-19/h2-8H,10-11H2,1H3,(H,20,21). The van der Waals surface area contributed by atoms with Crippen molar-refractivity contribution in [1.82, 2.24) is 5.32 Å². The summed E-state index contributed by atoms with van der Waals surface area (Å²) in [5.74, 6) is -0.0908. The van der Waals surface area contributed by atoms with Crippen molar-refractivity contribution in [2.75, 3.05) is 6.61 Å². The van der Waals surface area contributed by atoms with Gasteiger partial charge in [-0.15, -0.1) is 0 Å². The lowest BCUT2D eigenvalue weighted by atomic mass is 10.1. The second kappa shape index (κ2) is 7.23. The van der Waals surface area contributed by atoms with E-state index in [4.69, 9.17) is 10.00 Å². The van der Waals surface area contributed by atoms with Gasteiger partial charge < -0.3 is 10.1 Å². The fourth-order valence-corrected chi connectivity index (χ4v) is 1.87. The molecular formula is C17H15FN2O2. The van der Waals surface area contributed by atoms with Crippen LogP contribution in [0.2, 0.25) is 0 Å². The Morgan fingerprint density at radius 1 is 1.32 bits per heavy atom. The molecule has 0 saturated carbocycles. The van der Waals surface area contributed by atoms with Crippen molar-refractivity contribution < 1.29 is 13.9 Å². The first-order valence-corrected chi connectivity index (χ1v) is 6.73. The van der Waals surface area contributed by atoms with Crippen molar-refractivity contribution in [3.8, 4) is 11.8 Å². The van der Waals surface area contributed by atoms with Gasteiger partial charge in [-0.25, -0.2) is 4.39 Å². The van der Waals surface area contributed by atoms with Crippen LogP contribution < -0.4 is 10.1 Å². The van der Waals surface area contributed by atoms with Crippen LogP contribution in [0.4, 0.5) is 4.39 Å². The van der Waals surface area contributed by atoms with E-state index in [-0.39, 0.29) is 18.3 Å². The maximum Gasteiger partial charge on any atom is 0.258 e. The summed E-state index contributed by atoms with van der Waals surface area (Å²) in [5.41, 5.74) is 1.83. The third kappa shape index (κ3) is 4.32. The monoisotopic (exact) mass is 298 g/mol. The number of rotatable bonds is 5. The molecule has 0 aliphatic rings. The number of ether oxygens (including phenoxy) is 1. The van der Waals surface area contributed by atoms with Gasteiger partial charge in [-0.3, -0.25) is 4.79 Å². The molecule has 2 aromatic carbocycles. The highest BCUT2D eigenvalue weighted by molar-refractivity contribution is 5.77. The molecule has 0 aromatic heterocycles. The van der Waals surface area contributed by atoms with E-state index in [0.29, 0.717) is 23.4 Å². The number of hydrogen-bond donors (Lipinski definition) is 1. The van der Waals surface area contributed by atoms with Crippen LogP contribution in [0.15, 0.2) is 42.5 Å². The molecule has 112 valence electrons. The zero-order chi connectivity index (χ0) is 15.9. The Morgan fingerprint density at radius 3 is 2.86 bits per heavy atom. The van der Waals surface area contributed by atoms with E-state index < -0.39 is 0 Å². The van der Waals surface area contributed by atoms with Crippen molar-refractivity contribution in [1.29, 1.82) is 5.26 Å². The molecule has 0 atom stereocenters. The van der Waals surface area contributed by atoms with Gasteiger partial charge in [0.25, 0.3) is 5.91 Å². The summed E-state index contributed by atoms with van der Waals surface area (Å²) in [5, 5.41) is 11.5. The maximum atomic E-state index is 13.1. The number of amides is 1. The molecule has 0 saturated heterocycles. The van der Waals surface area contributed by atoms with Crippen LogP contribution in [0, 0.1) is 24.1 Å². The first-order valence-electron chi connectivity index (χ1n) is 6.73. The van der Waals surface area contributed by atoms with Crippen molar-refractivity contribution in [3.05, 3.63) is 65.0 Å². The summed E-state index contributed by atoms with van der Waals surface area (Å²) in [6.07, 6.45) is 0. The Hall–Kier alpha value is -2.87. The van der Waals surface area contributed by atoms with E-state index in [0.717, 1.165) is 5.56 Å². The van der Waals surface area contributed by atoms with E-state index in [1.165, 1.54) is 6.07 Å². The van der Waals surface area contributed by atoms with Gasteiger partial charge in [-0.2, -0.15) is 5.26 Å². The lowest BCUT2D eigenvalue weighted by Gasteiger charge is -2.08. The zero-order valence-electron chi connectivity index (χ0n) is 12.1. The second-order valence-corrected chi connectivity index (χ2v) is 4.79. The van der Waals surface area contributed by atoms with E-state index in [2.05, 4.69) is 5.32 Å². The number of nitriles is 1. The molecule has 0 radical (unpaired) electrons. The molecule has 5 heteroatoms. The summed E-state index contributed by atoms with van der Waals surface area (Å²) < 4.78 is 18.5. The molecule has 0 spiro atoms. The van der Waals surface area contributed by atoms with Crippen LogP contribution in [0.25, 0.3) is 0 Å². The maximum absolute atomic E-state index is 13.1. The van der Waals surface area contributed by atoms with Crippen LogP contribution in [0.1, 0.15) is 16.7 Å². The molecule has 0 heterocycles. The highest BCUT2D eigenvalue weighted by Crippen LogP contribution is 2.12. The third-order valence-corrected chi connectivity index (χ3v) is 3.05. The minimum absolute atomic E-state index is 0.144. The van der Waals surface area contributed by atoms with Gasteiger partial charge in [0.2, 0.25) is 0 Å². The van der Waals surface area contributed by atoms with Gasteiger partial charge >= 0.3 is 0 Å². The number of carbonyl (C=O) groups is 1. The first-order chi connectivity index (χ1) is 10.6. The smallest absolute Gasteiger partial charge is 0.258 e. The summed E-state index contributed by atoms with van der Waals surface area (Å²) in [7, 11) is 0. The quantitative estimate of drug-likeness (QED) is 0.923. The molecule has 0 fully saturated rings. The number of nitrogens with one attached hydrogen (secondary N) is 1. The number of nitrogens with zero attached hydrogens (tertiary/aromatic N) is 1.